The fourth-order valence-electron chi connectivity index (χ4n) is 7.37. The number of aryl methyl sites for hydroxylation is 1. The minimum Gasteiger partial charge on any atom is -0.356 e. The summed E-state index contributed by atoms with van der Waals surface area (Å²) < 4.78 is 17.1. The first-order chi connectivity index (χ1) is 20.8. The molecule has 3 aliphatic rings. The van der Waals surface area contributed by atoms with Crippen LogP contribution >= 0.6 is 0 Å². The van der Waals surface area contributed by atoms with Crippen molar-refractivity contribution in [3.05, 3.63) is 66.4 Å². The lowest BCUT2D eigenvalue weighted by molar-refractivity contribution is -0.139. The molecule has 1 N–H and O–H groups in total. The molecule has 3 fully saturated rings. The second-order valence-electron chi connectivity index (χ2n) is 12.7. The zero-order valence-corrected chi connectivity index (χ0v) is 25.0. The van der Waals surface area contributed by atoms with Gasteiger partial charge in [0, 0.05) is 53.8 Å². The number of aromatic amines is 1. The molecule has 3 aliphatic heterocycles. The maximum Gasteiger partial charge on any atom is 0.245 e. The summed E-state index contributed by atoms with van der Waals surface area (Å²) in [4.78, 5) is 28.8. The highest BCUT2D eigenvalue weighted by molar-refractivity contribution is 6.03. The Morgan fingerprint density at radius 1 is 1.07 bits per heavy atom. The van der Waals surface area contributed by atoms with Crippen molar-refractivity contribution < 1.29 is 9.18 Å². The number of rotatable bonds is 5. The highest BCUT2D eigenvalue weighted by Gasteiger charge is 2.46. The number of amides is 1. The number of H-pyrrole nitrogens is 1. The molecule has 2 aromatic carbocycles. The minimum atomic E-state index is -0.340. The molecular weight excluding hydrogens is 541 g/mol. The van der Waals surface area contributed by atoms with Crippen molar-refractivity contribution in [2.24, 2.45) is 5.41 Å². The number of carbonyl (C=O) groups is 1. The Balaban J connectivity index is 1.34. The number of nitrogens with zero attached hydrogens (tertiary/aromatic N) is 6. The van der Waals surface area contributed by atoms with Crippen molar-refractivity contribution in [3.63, 3.8) is 0 Å². The number of hydrogen-bond donors (Lipinski definition) is 1. The van der Waals surface area contributed by atoms with Crippen molar-refractivity contribution in [1.82, 2.24) is 30.0 Å². The molecule has 0 saturated carbocycles. The molecule has 1 amide bonds. The van der Waals surface area contributed by atoms with Crippen LogP contribution in [0.1, 0.15) is 48.6 Å². The van der Waals surface area contributed by atoms with Crippen LogP contribution in [0.4, 0.5) is 10.2 Å². The van der Waals surface area contributed by atoms with Crippen molar-refractivity contribution in [1.29, 1.82) is 0 Å². The SMILES string of the molecule is C=CC(=O)N1CC2(CCN(c3nc(C4CCN(C)CC4)nc4c(F)c(-c5c(C)ccc6[nH]ncc56)c(C=C)cc34)CC2)C1. The van der Waals surface area contributed by atoms with Gasteiger partial charge in [-0.1, -0.05) is 25.3 Å². The van der Waals surface area contributed by atoms with E-state index in [4.69, 9.17) is 9.97 Å². The van der Waals surface area contributed by atoms with Crippen LogP contribution in [0.3, 0.4) is 0 Å². The summed E-state index contributed by atoms with van der Waals surface area (Å²) >= 11 is 0. The van der Waals surface area contributed by atoms with Crippen molar-refractivity contribution >= 4 is 39.6 Å². The van der Waals surface area contributed by atoms with Gasteiger partial charge < -0.3 is 14.7 Å². The van der Waals surface area contributed by atoms with Gasteiger partial charge in [0.2, 0.25) is 5.91 Å². The van der Waals surface area contributed by atoms with E-state index in [0.717, 1.165) is 104 Å². The first-order valence-electron chi connectivity index (χ1n) is 15.3. The van der Waals surface area contributed by atoms with E-state index in [2.05, 4.69) is 40.2 Å². The van der Waals surface area contributed by atoms with Gasteiger partial charge in [0.25, 0.3) is 0 Å². The van der Waals surface area contributed by atoms with Gasteiger partial charge in [-0.2, -0.15) is 5.10 Å². The Morgan fingerprint density at radius 2 is 1.81 bits per heavy atom. The molecule has 4 aromatic rings. The number of aromatic nitrogens is 4. The average molecular weight is 580 g/mol. The lowest BCUT2D eigenvalue weighted by atomic mass is 9.72. The predicted molar refractivity (Wildman–Crippen MR) is 170 cm³/mol. The summed E-state index contributed by atoms with van der Waals surface area (Å²) in [5.74, 6) is 1.38. The van der Waals surface area contributed by atoms with E-state index in [0.29, 0.717) is 16.6 Å². The van der Waals surface area contributed by atoms with Crippen LogP contribution in [0, 0.1) is 18.2 Å². The average Bonchev–Trinajstić information content (AvgIpc) is 3.49. The first-order valence-corrected chi connectivity index (χ1v) is 15.3. The van der Waals surface area contributed by atoms with Gasteiger partial charge in [0.05, 0.1) is 11.7 Å². The van der Waals surface area contributed by atoms with Gasteiger partial charge in [-0.15, -0.1) is 0 Å². The van der Waals surface area contributed by atoms with E-state index in [1.807, 2.05) is 30.0 Å². The van der Waals surface area contributed by atoms with Gasteiger partial charge in [-0.25, -0.2) is 14.4 Å². The maximum atomic E-state index is 17.1. The number of fused-ring (bicyclic) bond motifs is 2. The highest BCUT2D eigenvalue weighted by Crippen LogP contribution is 2.44. The first kappa shape index (κ1) is 27.7. The number of carbonyl (C=O) groups excluding carboxylic acids is 1. The Labute approximate surface area is 251 Å². The second kappa shape index (κ2) is 10.6. The van der Waals surface area contributed by atoms with E-state index in [1.54, 1.807) is 12.3 Å². The zero-order chi connectivity index (χ0) is 29.9. The normalized spacial score (nSPS) is 19.2. The standard InChI is InChI=1S/C34H38FN7O/c1-5-22-17-24-31(30(35)29(22)28-21(3)7-8-26-25(28)18-36-39-26)37-32(23-9-13-40(4)14-10-23)38-33(24)41-15-11-34(12-16-41)19-42(20-34)27(43)6-2/h5-8,17-18,23H,1-2,9-16,19-20H2,3-4H3,(H,36,39). The molecule has 0 bridgehead atoms. The number of likely N-dealkylation sites (tertiary alicyclic amines) is 2. The number of benzene rings is 2. The fourth-order valence-corrected chi connectivity index (χ4v) is 7.37. The van der Waals surface area contributed by atoms with Gasteiger partial charge in [0.15, 0.2) is 5.82 Å². The number of hydrogen-bond acceptors (Lipinski definition) is 6. The van der Waals surface area contributed by atoms with Crippen LogP contribution in [0.15, 0.2) is 43.6 Å². The molecule has 2 aromatic heterocycles. The van der Waals surface area contributed by atoms with Crippen LogP contribution in [-0.4, -0.2) is 82.2 Å². The van der Waals surface area contributed by atoms with E-state index < -0.39 is 0 Å². The zero-order valence-electron chi connectivity index (χ0n) is 25.0. The molecule has 0 radical (unpaired) electrons. The lowest BCUT2D eigenvalue weighted by Gasteiger charge is -2.54. The fraction of sp³-hybridized carbons (Fsp3) is 0.412. The molecule has 5 heterocycles. The van der Waals surface area contributed by atoms with E-state index in [1.165, 1.54) is 6.08 Å². The number of piperidine rings is 2. The number of anilines is 1. The molecule has 8 nitrogen and oxygen atoms in total. The second-order valence-corrected chi connectivity index (χ2v) is 12.7. The third-order valence-electron chi connectivity index (χ3n) is 10.0. The van der Waals surface area contributed by atoms with E-state index in [9.17, 15) is 4.79 Å². The molecule has 0 unspecified atom stereocenters. The molecule has 222 valence electrons. The summed E-state index contributed by atoms with van der Waals surface area (Å²) in [6, 6.07) is 5.99. The van der Waals surface area contributed by atoms with Crippen molar-refractivity contribution in [2.75, 3.05) is 51.2 Å². The Bertz CT molecular complexity index is 1750. The molecule has 3 saturated heterocycles. The Kier molecular flexibility index (Phi) is 6.80. The Hall–Kier alpha value is -4.11. The molecular formula is C34H38FN7O. The number of halogens is 1. The maximum absolute atomic E-state index is 17.1. The number of nitrogens with one attached hydrogen (secondary N) is 1. The highest BCUT2D eigenvalue weighted by atomic mass is 19.1. The summed E-state index contributed by atoms with van der Waals surface area (Å²) in [6.45, 7) is 14.8. The largest absolute Gasteiger partial charge is 0.356 e. The molecule has 7 rings (SSSR count). The molecule has 43 heavy (non-hydrogen) atoms. The van der Waals surface area contributed by atoms with E-state index >= 15 is 4.39 Å². The van der Waals surface area contributed by atoms with Crippen LogP contribution < -0.4 is 4.90 Å². The van der Waals surface area contributed by atoms with Crippen molar-refractivity contribution in [2.45, 2.75) is 38.5 Å². The van der Waals surface area contributed by atoms with Crippen molar-refractivity contribution in [3.8, 4) is 11.1 Å². The molecule has 0 aliphatic carbocycles. The van der Waals surface area contributed by atoms with Crippen LogP contribution in [0.5, 0.6) is 0 Å². The van der Waals surface area contributed by atoms with E-state index in [-0.39, 0.29) is 23.1 Å². The lowest BCUT2D eigenvalue weighted by Crippen LogP contribution is -2.61. The van der Waals surface area contributed by atoms with Crippen LogP contribution in [0.25, 0.3) is 39.0 Å². The van der Waals surface area contributed by atoms with Crippen LogP contribution in [0.2, 0.25) is 0 Å². The predicted octanol–water partition coefficient (Wildman–Crippen LogP) is 5.69. The monoisotopic (exact) mass is 579 g/mol. The van der Waals surface area contributed by atoms with Gasteiger partial charge >= 0.3 is 0 Å². The summed E-state index contributed by atoms with van der Waals surface area (Å²) in [5, 5.41) is 8.86. The molecule has 0 atom stereocenters. The quantitative estimate of drug-likeness (QED) is 0.306. The van der Waals surface area contributed by atoms with Crippen LogP contribution in [-0.2, 0) is 4.79 Å². The summed E-state index contributed by atoms with van der Waals surface area (Å²) in [6.07, 6.45) is 8.70. The summed E-state index contributed by atoms with van der Waals surface area (Å²) in [7, 11) is 2.14. The minimum absolute atomic E-state index is 0.00204. The Morgan fingerprint density at radius 3 is 2.51 bits per heavy atom. The third kappa shape index (κ3) is 4.61. The smallest absolute Gasteiger partial charge is 0.245 e. The van der Waals surface area contributed by atoms with Gasteiger partial charge in [0.1, 0.15) is 17.2 Å². The molecule has 9 heteroatoms. The molecule has 1 spiro atoms. The topological polar surface area (TPSA) is 81.3 Å². The third-order valence-corrected chi connectivity index (χ3v) is 10.0. The van der Waals surface area contributed by atoms with Gasteiger partial charge in [-0.05, 0) is 87.6 Å². The van der Waals surface area contributed by atoms with Gasteiger partial charge in [-0.3, -0.25) is 9.89 Å². The summed E-state index contributed by atoms with van der Waals surface area (Å²) in [5.41, 5.74) is 4.36.